The molecule has 3 aliphatic heterocycles. The van der Waals surface area contributed by atoms with E-state index in [1.807, 2.05) is 26.8 Å². The molecule has 2 aromatic rings. The number of fused-ring (bicyclic) bond motifs is 3. The number of aliphatic hydroxyl groups is 3. The van der Waals surface area contributed by atoms with Gasteiger partial charge in [0, 0.05) is 98.5 Å². The van der Waals surface area contributed by atoms with Gasteiger partial charge in [-0.2, -0.15) is 10.2 Å². The summed E-state index contributed by atoms with van der Waals surface area (Å²) in [4.78, 5) is 102. The van der Waals surface area contributed by atoms with E-state index in [1.54, 1.807) is 25.2 Å². The number of likely N-dealkylation sites (tertiary alicyclic amines) is 1. The number of nitrogens with two attached hydrogens (primary N) is 1. The first-order valence-corrected chi connectivity index (χ1v) is 29.3. The van der Waals surface area contributed by atoms with Crippen LogP contribution < -0.4 is 21.3 Å². The molecule has 7 unspecified atom stereocenters. The molecule has 8 atom stereocenters. The molecule has 0 aromatic heterocycles. The summed E-state index contributed by atoms with van der Waals surface area (Å²) in [6.07, 6.45) is 9.50. The van der Waals surface area contributed by atoms with E-state index in [4.69, 9.17) is 19.9 Å². The highest BCUT2D eigenvalue weighted by atomic mass is 32.2. The van der Waals surface area contributed by atoms with Crippen LogP contribution in [0.1, 0.15) is 161 Å². The van der Waals surface area contributed by atoms with Gasteiger partial charge in [0.25, 0.3) is 11.8 Å². The molecule has 24 heteroatoms. The molecule has 0 bridgehead atoms. The summed E-state index contributed by atoms with van der Waals surface area (Å²) in [5, 5.41) is 63.6. The fourth-order valence-corrected chi connectivity index (χ4v) is 10.8. The number of methoxy groups -OCH3 is 1. The molecule has 23 nitrogen and oxygen atoms in total. The molecule has 7 rings (SSSR count). The van der Waals surface area contributed by atoms with Crippen LogP contribution in [-0.4, -0.2) is 162 Å². The largest absolute Gasteiger partial charge is 0.507 e. The molecule has 2 aromatic carbocycles. The molecular formula is C62H85N7O16S. The van der Waals surface area contributed by atoms with Crippen molar-refractivity contribution < 1.29 is 78.1 Å². The lowest BCUT2D eigenvalue weighted by Gasteiger charge is -2.43. The topological polar surface area (TPSA) is 347 Å². The molecule has 6 amide bonds. The standard InChI is InChI=1S/C37H42N4O13.C15H23N3O3S.C4H8.2C3H6/c1-17-32(46)20(38)13-27(53-17)54-22-15-37(51,23(16-42)39-40-24(43)9-4-3-5-12-41-25(44)10-11-26(41)45)14-19-29(22)36(50)31-30(34(19)48)33(47)18-7-6-8-21(52-2)28(18)35(31)49;1-4-11(2)22-12-10-14(20)18(15(12)21)9-7-5-6-8-13(19)17-16-3;1-3-4-2;2*1-3-2/h6-8,10-11,17,20,22,27,32,42,46,48,50-51H,3-5,9,12-16,38H2,1-2H3,(H,40,43);4,11-12H,1,3,5-10H2,2H3,(H,17,19);3H,1,4H2,2H3;2*3H,1H2,2H3/b39-23+;;;;/t17?,20?,22?,27?,32?,37-;;;;/m0..../s1. The number of hydrazone groups is 2. The maximum Gasteiger partial charge on any atom is 0.253 e. The molecule has 2 saturated heterocycles. The molecule has 0 saturated carbocycles. The van der Waals surface area contributed by atoms with Crippen LogP contribution in [0.15, 0.2) is 91.2 Å². The third kappa shape index (κ3) is 19.3. The fourth-order valence-electron chi connectivity index (χ4n) is 9.65. The zero-order valence-electron chi connectivity index (χ0n) is 50.1. The number of ether oxygens (including phenoxy) is 3. The first kappa shape index (κ1) is 72.8. The van der Waals surface area contributed by atoms with Crippen LogP contribution in [0.4, 0.5) is 0 Å². The van der Waals surface area contributed by atoms with Gasteiger partial charge in [-0.3, -0.25) is 48.2 Å². The minimum Gasteiger partial charge on any atom is -0.507 e. The average Bonchev–Trinajstić information content (AvgIpc) is 0.916. The lowest BCUT2D eigenvalue weighted by atomic mass is 9.71. The summed E-state index contributed by atoms with van der Waals surface area (Å²) in [7, 11) is 1.32. The first-order valence-electron chi connectivity index (χ1n) is 28.4. The van der Waals surface area contributed by atoms with Gasteiger partial charge in [-0.15, -0.1) is 38.1 Å². The Labute approximate surface area is 507 Å². The number of carbonyl (C=O) groups excluding carboxylic acids is 8. The highest BCUT2D eigenvalue weighted by Crippen LogP contribution is 2.53. The number of imide groups is 2. The minimum absolute atomic E-state index is 0.0120. The third-order valence-electron chi connectivity index (χ3n) is 14.0. The number of unbranched alkanes of at least 4 members (excludes halogenated alkanes) is 4. The third-order valence-corrected chi connectivity index (χ3v) is 15.3. The summed E-state index contributed by atoms with van der Waals surface area (Å²) in [6.45, 7) is 26.2. The number of nitrogens with zero attached hydrogens (tertiary/aromatic N) is 4. The number of aromatic hydroxyl groups is 2. The van der Waals surface area contributed by atoms with Crippen molar-refractivity contribution in [3.63, 3.8) is 0 Å². The summed E-state index contributed by atoms with van der Waals surface area (Å²) in [6, 6.07) is 3.57. The van der Waals surface area contributed by atoms with Crippen molar-refractivity contribution in [3.05, 3.63) is 114 Å². The number of rotatable bonds is 23. The second-order valence-corrected chi connectivity index (χ2v) is 22.1. The van der Waals surface area contributed by atoms with E-state index < -0.39 is 108 Å². The number of nitrogens with one attached hydrogen (secondary N) is 2. The number of allylic oxidation sites excluding steroid dienone is 3. The van der Waals surface area contributed by atoms with Gasteiger partial charge in [0.1, 0.15) is 22.8 Å². The lowest BCUT2D eigenvalue weighted by molar-refractivity contribution is -0.245. The van der Waals surface area contributed by atoms with Crippen molar-refractivity contribution in [2.75, 3.05) is 26.8 Å². The number of phenolic OH excluding ortho intramolecular Hbond substituents is 2. The molecule has 3 heterocycles. The van der Waals surface area contributed by atoms with Gasteiger partial charge >= 0.3 is 0 Å². The van der Waals surface area contributed by atoms with E-state index in [9.17, 15) is 63.9 Å². The Bertz CT molecular complexity index is 2840. The van der Waals surface area contributed by atoms with Crippen LogP contribution >= 0.6 is 11.8 Å². The Hall–Kier alpha value is -7.45. The Morgan fingerprint density at radius 1 is 0.895 bits per heavy atom. The predicted octanol–water partition coefficient (Wildman–Crippen LogP) is 6.07. The smallest absolute Gasteiger partial charge is 0.253 e. The Morgan fingerprint density at radius 3 is 2.00 bits per heavy atom. The summed E-state index contributed by atoms with van der Waals surface area (Å²) < 4.78 is 17.4. The highest BCUT2D eigenvalue weighted by molar-refractivity contribution is 8.01. The fraction of sp³-hybridized carbons (Fsp3) is 0.484. The maximum atomic E-state index is 14.0. The Morgan fingerprint density at radius 2 is 1.47 bits per heavy atom. The molecule has 9 N–H and O–H groups in total. The highest BCUT2D eigenvalue weighted by Gasteiger charge is 2.50. The van der Waals surface area contributed by atoms with Crippen molar-refractivity contribution in [1.29, 1.82) is 0 Å². The van der Waals surface area contributed by atoms with Crippen LogP contribution in [0.5, 0.6) is 17.2 Å². The van der Waals surface area contributed by atoms with E-state index in [-0.39, 0.29) is 87.7 Å². The lowest BCUT2D eigenvalue weighted by Crippen LogP contribution is -2.53. The molecule has 470 valence electrons. The summed E-state index contributed by atoms with van der Waals surface area (Å²) >= 11 is 1.48. The van der Waals surface area contributed by atoms with Gasteiger partial charge in [0.05, 0.1) is 59.7 Å². The Balaban J connectivity index is 0.000000500. The quantitative estimate of drug-likeness (QED) is 0.0133. The first-order chi connectivity index (χ1) is 40.9. The van der Waals surface area contributed by atoms with Crippen LogP contribution in [0.2, 0.25) is 0 Å². The van der Waals surface area contributed by atoms with Crippen molar-refractivity contribution in [2.45, 2.75) is 165 Å². The summed E-state index contributed by atoms with van der Waals surface area (Å²) in [5.74, 6) is -4.62. The summed E-state index contributed by atoms with van der Waals surface area (Å²) in [5.41, 5.74) is 6.73. The second-order valence-electron chi connectivity index (χ2n) is 20.5. The van der Waals surface area contributed by atoms with Crippen LogP contribution in [0.25, 0.3) is 0 Å². The number of hydrogen-bond donors (Lipinski definition) is 8. The van der Waals surface area contributed by atoms with Crippen LogP contribution in [0, 0.1) is 0 Å². The Kier molecular flexibility index (Phi) is 30.4. The second kappa shape index (κ2) is 35.9. The monoisotopic (exact) mass is 1220 g/mol. The van der Waals surface area contributed by atoms with Gasteiger partial charge in [-0.25, -0.2) is 10.9 Å². The van der Waals surface area contributed by atoms with E-state index >= 15 is 0 Å². The minimum atomic E-state index is -2.16. The van der Waals surface area contributed by atoms with Crippen molar-refractivity contribution >= 4 is 71.2 Å². The molecule has 0 spiro atoms. The van der Waals surface area contributed by atoms with E-state index in [2.05, 4.69) is 61.0 Å². The van der Waals surface area contributed by atoms with E-state index in [0.29, 0.717) is 45.1 Å². The van der Waals surface area contributed by atoms with E-state index in [1.165, 1.54) is 54.1 Å². The van der Waals surface area contributed by atoms with Crippen molar-refractivity contribution in [3.8, 4) is 17.2 Å². The normalized spacial score (nSPS) is 22.1. The number of phenols is 2. The molecule has 5 aliphatic rings. The zero-order chi connectivity index (χ0) is 64.4. The SMILES string of the molecule is C=CC.C=CC.C=CC(C)SC1CC(=O)N(CCCCCC(=O)NN=C)C1=O.C=CCC.COc1cccc2c1C(=O)c1c(O)c3c(c(O)c1C2=O)C[C@@](O)(/C(CO)=N/NC(=O)CCCCCN1C(=O)C=CC1=O)CC3OC1CC(N)C(O)C(C)O1. The van der Waals surface area contributed by atoms with Crippen LogP contribution in [-0.2, 0) is 44.7 Å². The van der Waals surface area contributed by atoms with Crippen molar-refractivity contribution in [2.24, 2.45) is 15.9 Å². The maximum absolute atomic E-state index is 14.0. The van der Waals surface area contributed by atoms with Gasteiger partial charge < -0.3 is 45.5 Å². The number of ketones is 2. The molecule has 86 heavy (non-hydrogen) atoms. The number of thioether (sulfide) groups is 1. The molecule has 0 radical (unpaired) electrons. The number of hydrogen-bond acceptors (Lipinski definition) is 20. The van der Waals surface area contributed by atoms with Crippen LogP contribution in [0.3, 0.4) is 0 Å². The number of benzene rings is 2. The van der Waals surface area contributed by atoms with Gasteiger partial charge in [-0.1, -0.05) is 56.2 Å². The molecular weight excluding hydrogens is 1130 g/mol. The average molecular weight is 1220 g/mol. The van der Waals surface area contributed by atoms with Gasteiger partial charge in [-0.05, 0) is 65.9 Å². The number of carbonyl (C=O) groups is 8. The van der Waals surface area contributed by atoms with E-state index in [0.717, 1.165) is 17.7 Å². The number of amides is 6. The van der Waals surface area contributed by atoms with Gasteiger partial charge in [0.2, 0.25) is 29.4 Å². The molecule has 2 fully saturated rings. The van der Waals surface area contributed by atoms with Crippen molar-refractivity contribution in [1.82, 2.24) is 20.7 Å². The predicted molar refractivity (Wildman–Crippen MR) is 327 cm³/mol. The molecule has 2 aliphatic carbocycles. The van der Waals surface area contributed by atoms with Gasteiger partial charge in [0.15, 0.2) is 12.1 Å². The number of aliphatic hydroxyl groups excluding tert-OH is 2. The zero-order valence-corrected chi connectivity index (χ0v) is 50.9.